The molecule has 1 heterocycles. The average Bonchev–Trinajstić information content (AvgIpc) is 2.59. The molecular weight excluding hydrogens is 310 g/mol. The Morgan fingerprint density at radius 2 is 1.68 bits per heavy atom. The molecule has 0 spiro atoms. The fraction of sp³-hybridized carbons (Fsp3) is 0.409. The van der Waals surface area contributed by atoms with Crippen LogP contribution in [0.25, 0.3) is 0 Å². The average molecular weight is 337 g/mol. The molecular formula is C22H27NO2. The van der Waals surface area contributed by atoms with Gasteiger partial charge in [-0.15, -0.1) is 0 Å². The minimum atomic E-state index is -0.0740. The summed E-state index contributed by atoms with van der Waals surface area (Å²) in [6.07, 6.45) is 2.13. The Hall–Kier alpha value is -2.13. The zero-order valence-corrected chi connectivity index (χ0v) is 15.3. The smallest absolute Gasteiger partial charge is 0.235 e. The maximum Gasteiger partial charge on any atom is 0.235 e. The first-order valence-corrected chi connectivity index (χ1v) is 9.05. The van der Waals surface area contributed by atoms with Crippen LogP contribution in [0, 0.1) is 5.92 Å². The summed E-state index contributed by atoms with van der Waals surface area (Å²) in [4.78, 5) is 15.2. The van der Waals surface area contributed by atoms with E-state index in [0.29, 0.717) is 6.42 Å². The zero-order chi connectivity index (χ0) is 18.0. The van der Waals surface area contributed by atoms with E-state index in [1.807, 2.05) is 41.3 Å². The van der Waals surface area contributed by atoms with Crippen LogP contribution in [-0.4, -0.2) is 17.6 Å². The van der Waals surface area contributed by atoms with Gasteiger partial charge in [0.25, 0.3) is 0 Å². The number of carbonyl (C=O) groups excluding carboxylic acids is 1. The number of hydrogen-bond acceptors (Lipinski definition) is 2. The molecule has 3 heteroatoms. The lowest BCUT2D eigenvalue weighted by Crippen LogP contribution is -2.39. The van der Waals surface area contributed by atoms with Gasteiger partial charge in [-0.1, -0.05) is 57.2 Å². The first kappa shape index (κ1) is 17.7. The monoisotopic (exact) mass is 337 g/mol. The molecule has 3 nitrogen and oxygen atoms in total. The summed E-state index contributed by atoms with van der Waals surface area (Å²) < 4.78 is 0. The summed E-state index contributed by atoms with van der Waals surface area (Å²) >= 11 is 0. The first-order valence-electron chi connectivity index (χ1n) is 9.05. The number of para-hydroxylation sites is 2. The maximum atomic E-state index is 13.3. The van der Waals surface area contributed by atoms with Gasteiger partial charge in [-0.3, -0.25) is 9.69 Å². The Bertz CT molecular complexity index is 761. The molecule has 1 aliphatic heterocycles. The lowest BCUT2D eigenvalue weighted by atomic mass is 9.83. The number of carbonyl (C=O) groups is 1. The van der Waals surface area contributed by atoms with Gasteiger partial charge in [-0.25, -0.2) is 0 Å². The van der Waals surface area contributed by atoms with E-state index >= 15 is 0 Å². The van der Waals surface area contributed by atoms with Gasteiger partial charge in [-0.05, 0) is 47.9 Å². The summed E-state index contributed by atoms with van der Waals surface area (Å²) in [5.41, 5.74) is 4.28. The topological polar surface area (TPSA) is 40.5 Å². The molecule has 0 aliphatic carbocycles. The largest absolute Gasteiger partial charge is 0.396 e. The molecule has 2 aromatic rings. The Kier molecular flexibility index (Phi) is 4.96. The van der Waals surface area contributed by atoms with Crippen molar-refractivity contribution in [2.75, 3.05) is 11.5 Å². The van der Waals surface area contributed by atoms with E-state index in [-0.39, 0.29) is 23.8 Å². The second kappa shape index (κ2) is 7.01. The molecule has 0 aromatic heterocycles. The number of aliphatic hydroxyl groups is 1. The highest BCUT2D eigenvalue weighted by Gasteiger charge is 2.35. The number of fused-ring (bicyclic) bond motifs is 1. The molecule has 25 heavy (non-hydrogen) atoms. The van der Waals surface area contributed by atoms with Crippen molar-refractivity contribution in [1.82, 2.24) is 0 Å². The molecule has 0 saturated heterocycles. The number of amides is 1. The summed E-state index contributed by atoms with van der Waals surface area (Å²) in [6.45, 7) is 6.66. The Morgan fingerprint density at radius 1 is 1.04 bits per heavy atom. The molecule has 1 N–H and O–H groups in total. The minimum Gasteiger partial charge on any atom is -0.396 e. The third-order valence-corrected chi connectivity index (χ3v) is 4.93. The SMILES string of the molecule is CC(C)(C)c1ccccc1N1C(=O)[C@H](CCCO)Cc2ccccc21. The second-order valence-electron chi connectivity index (χ2n) is 7.84. The molecule has 0 radical (unpaired) electrons. The van der Waals surface area contributed by atoms with Gasteiger partial charge in [0.05, 0.1) is 11.4 Å². The number of anilines is 2. The van der Waals surface area contributed by atoms with Gasteiger partial charge in [-0.2, -0.15) is 0 Å². The second-order valence-corrected chi connectivity index (χ2v) is 7.84. The van der Waals surface area contributed by atoms with Gasteiger partial charge in [0.2, 0.25) is 5.91 Å². The van der Waals surface area contributed by atoms with Gasteiger partial charge >= 0.3 is 0 Å². The zero-order valence-electron chi connectivity index (χ0n) is 15.3. The van der Waals surface area contributed by atoms with E-state index in [1.165, 1.54) is 11.1 Å². The quantitative estimate of drug-likeness (QED) is 0.886. The Balaban J connectivity index is 2.12. The van der Waals surface area contributed by atoms with Crippen molar-refractivity contribution >= 4 is 17.3 Å². The normalized spacial score (nSPS) is 17.5. The summed E-state index contributed by atoms with van der Waals surface area (Å²) in [5.74, 6) is 0.0684. The van der Waals surface area contributed by atoms with Crippen LogP contribution in [0.2, 0.25) is 0 Å². The van der Waals surface area contributed by atoms with E-state index in [1.54, 1.807) is 0 Å². The molecule has 0 saturated carbocycles. The molecule has 2 aromatic carbocycles. The molecule has 1 atom stereocenters. The van der Waals surface area contributed by atoms with Crippen LogP contribution in [-0.2, 0) is 16.6 Å². The lowest BCUT2D eigenvalue weighted by Gasteiger charge is -2.37. The van der Waals surface area contributed by atoms with Crippen molar-refractivity contribution in [2.45, 2.75) is 45.4 Å². The van der Waals surface area contributed by atoms with Gasteiger partial charge in [0, 0.05) is 12.5 Å². The third kappa shape index (κ3) is 3.47. The maximum absolute atomic E-state index is 13.3. The highest BCUT2D eigenvalue weighted by molar-refractivity contribution is 6.05. The van der Waals surface area contributed by atoms with E-state index in [0.717, 1.165) is 24.2 Å². The fourth-order valence-electron chi connectivity index (χ4n) is 3.67. The molecule has 0 bridgehead atoms. The van der Waals surface area contributed by atoms with Crippen molar-refractivity contribution in [2.24, 2.45) is 5.92 Å². The van der Waals surface area contributed by atoms with Crippen molar-refractivity contribution in [3.05, 3.63) is 59.7 Å². The number of rotatable bonds is 4. The van der Waals surface area contributed by atoms with Crippen LogP contribution in [0.15, 0.2) is 48.5 Å². The van der Waals surface area contributed by atoms with E-state index in [9.17, 15) is 9.90 Å². The number of nitrogens with zero attached hydrogens (tertiary/aromatic N) is 1. The molecule has 132 valence electrons. The van der Waals surface area contributed by atoms with Crippen molar-refractivity contribution in [3.8, 4) is 0 Å². The van der Waals surface area contributed by atoms with Gasteiger partial charge in [0.15, 0.2) is 0 Å². The molecule has 0 fully saturated rings. The minimum absolute atomic E-state index is 0.0517. The number of benzene rings is 2. The van der Waals surface area contributed by atoms with Crippen LogP contribution in [0.3, 0.4) is 0 Å². The predicted octanol–water partition coefficient (Wildman–Crippen LogP) is 4.59. The van der Waals surface area contributed by atoms with Crippen LogP contribution < -0.4 is 4.90 Å². The van der Waals surface area contributed by atoms with Crippen LogP contribution in [0.1, 0.15) is 44.7 Å². The van der Waals surface area contributed by atoms with Crippen molar-refractivity contribution in [3.63, 3.8) is 0 Å². The number of hydrogen-bond donors (Lipinski definition) is 1. The van der Waals surface area contributed by atoms with E-state index in [2.05, 4.69) is 32.9 Å². The molecule has 1 amide bonds. The van der Waals surface area contributed by atoms with Crippen LogP contribution in [0.4, 0.5) is 11.4 Å². The summed E-state index contributed by atoms with van der Waals surface area (Å²) in [6, 6.07) is 16.4. The standard InChI is InChI=1S/C22H27NO2/c1-22(2,3)18-11-5-7-13-20(18)23-19-12-6-4-9-16(19)15-17(21(23)25)10-8-14-24/h4-7,9,11-13,17,24H,8,10,14-15H2,1-3H3/t17-/m1/s1. The highest BCUT2D eigenvalue weighted by atomic mass is 16.3. The number of aliphatic hydroxyl groups excluding tert-OH is 1. The van der Waals surface area contributed by atoms with E-state index in [4.69, 9.17) is 0 Å². The van der Waals surface area contributed by atoms with Crippen molar-refractivity contribution < 1.29 is 9.90 Å². The molecule has 3 rings (SSSR count). The van der Waals surface area contributed by atoms with E-state index < -0.39 is 0 Å². The van der Waals surface area contributed by atoms with Crippen molar-refractivity contribution in [1.29, 1.82) is 0 Å². The lowest BCUT2D eigenvalue weighted by molar-refractivity contribution is -0.122. The summed E-state index contributed by atoms with van der Waals surface area (Å²) in [7, 11) is 0. The summed E-state index contributed by atoms with van der Waals surface area (Å²) in [5, 5.41) is 9.19. The molecule has 0 unspecified atom stereocenters. The van der Waals surface area contributed by atoms with Gasteiger partial charge < -0.3 is 5.11 Å². The third-order valence-electron chi connectivity index (χ3n) is 4.93. The Labute approximate surface area is 150 Å². The van der Waals surface area contributed by atoms with Crippen LogP contribution >= 0.6 is 0 Å². The van der Waals surface area contributed by atoms with Gasteiger partial charge in [0.1, 0.15) is 0 Å². The Morgan fingerprint density at radius 3 is 2.36 bits per heavy atom. The first-order chi connectivity index (χ1) is 11.9. The highest BCUT2D eigenvalue weighted by Crippen LogP contribution is 2.41. The van der Waals surface area contributed by atoms with Crippen LogP contribution in [0.5, 0.6) is 0 Å². The molecule has 1 aliphatic rings. The predicted molar refractivity (Wildman–Crippen MR) is 102 cm³/mol. The fourth-order valence-corrected chi connectivity index (χ4v) is 3.67.